The van der Waals surface area contributed by atoms with Gasteiger partial charge in [-0.05, 0) is 25.5 Å². The summed E-state index contributed by atoms with van der Waals surface area (Å²) in [5.41, 5.74) is 1.41. The number of para-hydroxylation sites is 1. The highest BCUT2D eigenvalue weighted by Crippen LogP contribution is 2.29. The standard InChI is InChI=1S/C19H24N2O5/c1-3-21(10-17(22)23)13-8-12(9-13)20-19(24)18-15(11-25-2)14-6-4-5-7-16(14)26-18/h4-7,12-13H,3,8-11H2,1-2H3,(H,20,24)(H,22,23). The first-order valence-corrected chi connectivity index (χ1v) is 8.79. The van der Waals surface area contributed by atoms with Crippen molar-refractivity contribution in [3.63, 3.8) is 0 Å². The molecule has 0 radical (unpaired) electrons. The van der Waals surface area contributed by atoms with Crippen molar-refractivity contribution in [1.82, 2.24) is 10.2 Å². The van der Waals surface area contributed by atoms with Crippen LogP contribution in [0.5, 0.6) is 0 Å². The lowest BCUT2D eigenvalue weighted by atomic mass is 9.85. The third-order valence-electron chi connectivity index (χ3n) is 4.90. The van der Waals surface area contributed by atoms with E-state index in [9.17, 15) is 9.59 Å². The van der Waals surface area contributed by atoms with E-state index in [0.717, 1.165) is 23.8 Å². The highest BCUT2D eigenvalue weighted by atomic mass is 16.5. The fourth-order valence-electron chi connectivity index (χ4n) is 3.50. The van der Waals surface area contributed by atoms with Gasteiger partial charge in [-0.2, -0.15) is 0 Å². The summed E-state index contributed by atoms with van der Waals surface area (Å²) in [6.45, 7) is 2.96. The first kappa shape index (κ1) is 18.4. The van der Waals surface area contributed by atoms with Gasteiger partial charge in [-0.3, -0.25) is 14.5 Å². The van der Waals surface area contributed by atoms with Crippen molar-refractivity contribution in [3.05, 3.63) is 35.6 Å². The average molecular weight is 360 g/mol. The van der Waals surface area contributed by atoms with E-state index in [1.807, 2.05) is 36.1 Å². The van der Waals surface area contributed by atoms with E-state index in [0.29, 0.717) is 18.7 Å². The lowest BCUT2D eigenvalue weighted by Gasteiger charge is -2.42. The molecule has 1 aliphatic rings. The summed E-state index contributed by atoms with van der Waals surface area (Å²) in [4.78, 5) is 25.5. The molecule has 1 aromatic heterocycles. The van der Waals surface area contributed by atoms with Crippen LogP contribution in [0.4, 0.5) is 0 Å². The van der Waals surface area contributed by atoms with E-state index in [1.165, 1.54) is 0 Å². The molecule has 0 bridgehead atoms. The quantitative estimate of drug-likeness (QED) is 0.750. The largest absolute Gasteiger partial charge is 0.480 e. The Bertz CT molecular complexity index is 794. The predicted octanol–water partition coefficient (Wildman–Crippen LogP) is 2.25. The van der Waals surface area contributed by atoms with Gasteiger partial charge in [-0.1, -0.05) is 25.1 Å². The Morgan fingerprint density at radius 3 is 2.73 bits per heavy atom. The number of amides is 1. The first-order chi connectivity index (χ1) is 12.5. The van der Waals surface area contributed by atoms with Crippen molar-refractivity contribution >= 4 is 22.8 Å². The molecule has 1 saturated carbocycles. The van der Waals surface area contributed by atoms with Gasteiger partial charge in [0.1, 0.15) is 5.58 Å². The number of hydrogen-bond acceptors (Lipinski definition) is 5. The SMILES string of the molecule is CCN(CC(=O)O)C1CC(NC(=O)c2oc3ccccc3c2COC)C1. The molecule has 3 rings (SSSR count). The molecule has 1 aliphatic carbocycles. The van der Waals surface area contributed by atoms with E-state index >= 15 is 0 Å². The zero-order valence-electron chi connectivity index (χ0n) is 15.0. The number of hydrogen-bond donors (Lipinski definition) is 2. The Labute approximate surface area is 151 Å². The van der Waals surface area contributed by atoms with E-state index in [-0.39, 0.29) is 30.3 Å². The molecule has 140 valence electrons. The molecule has 1 aromatic carbocycles. The number of likely N-dealkylation sites (N-methyl/N-ethyl adjacent to an activating group) is 1. The van der Waals surface area contributed by atoms with Crippen LogP contribution < -0.4 is 5.32 Å². The lowest BCUT2D eigenvalue weighted by Crippen LogP contribution is -2.54. The highest BCUT2D eigenvalue weighted by Gasteiger charge is 2.35. The van der Waals surface area contributed by atoms with Crippen molar-refractivity contribution in [3.8, 4) is 0 Å². The summed E-state index contributed by atoms with van der Waals surface area (Å²) in [6.07, 6.45) is 1.49. The van der Waals surface area contributed by atoms with Gasteiger partial charge in [0.05, 0.1) is 13.2 Å². The van der Waals surface area contributed by atoms with Crippen LogP contribution in [0.25, 0.3) is 11.0 Å². The number of carboxylic acids is 1. The summed E-state index contributed by atoms with van der Waals surface area (Å²) in [5, 5.41) is 12.8. The Hall–Kier alpha value is -2.38. The van der Waals surface area contributed by atoms with Gasteiger partial charge in [0.25, 0.3) is 5.91 Å². The van der Waals surface area contributed by atoms with Crippen LogP contribution in [-0.2, 0) is 16.1 Å². The number of methoxy groups -OCH3 is 1. The van der Waals surface area contributed by atoms with Crippen molar-refractivity contribution in [2.24, 2.45) is 0 Å². The minimum atomic E-state index is -0.828. The number of carbonyl (C=O) groups is 2. The van der Waals surface area contributed by atoms with Gasteiger partial charge in [-0.25, -0.2) is 0 Å². The summed E-state index contributed by atoms with van der Waals surface area (Å²) in [7, 11) is 1.59. The van der Waals surface area contributed by atoms with Crippen LogP contribution in [0.1, 0.15) is 35.9 Å². The monoisotopic (exact) mass is 360 g/mol. The molecule has 0 aliphatic heterocycles. The summed E-state index contributed by atoms with van der Waals surface area (Å²) in [6, 6.07) is 7.72. The second kappa shape index (κ2) is 7.88. The van der Waals surface area contributed by atoms with Gasteiger partial charge in [-0.15, -0.1) is 0 Å². The molecular formula is C19H24N2O5. The maximum Gasteiger partial charge on any atom is 0.317 e. The van der Waals surface area contributed by atoms with Crippen molar-refractivity contribution in [2.45, 2.75) is 38.5 Å². The van der Waals surface area contributed by atoms with Crippen LogP contribution in [-0.4, -0.2) is 54.2 Å². The van der Waals surface area contributed by atoms with Gasteiger partial charge in [0.2, 0.25) is 0 Å². The van der Waals surface area contributed by atoms with Gasteiger partial charge < -0.3 is 19.6 Å². The summed E-state index contributed by atoms with van der Waals surface area (Å²) in [5.74, 6) is -0.793. The average Bonchev–Trinajstić information content (AvgIpc) is 2.95. The number of aliphatic carboxylic acids is 1. The highest BCUT2D eigenvalue weighted by molar-refractivity contribution is 5.99. The zero-order valence-corrected chi connectivity index (χ0v) is 15.0. The van der Waals surface area contributed by atoms with E-state index in [1.54, 1.807) is 7.11 Å². The summed E-state index contributed by atoms with van der Waals surface area (Å²) < 4.78 is 11.0. The second-order valence-electron chi connectivity index (χ2n) is 6.59. The number of furan rings is 1. The number of nitrogens with zero attached hydrogens (tertiary/aromatic N) is 1. The van der Waals surface area contributed by atoms with Crippen molar-refractivity contribution in [1.29, 1.82) is 0 Å². The van der Waals surface area contributed by atoms with Gasteiger partial charge in [0.15, 0.2) is 5.76 Å². The number of carbonyl (C=O) groups excluding carboxylic acids is 1. The van der Waals surface area contributed by atoms with Crippen molar-refractivity contribution in [2.75, 3.05) is 20.2 Å². The third kappa shape index (κ3) is 3.73. The number of benzene rings is 1. The maximum atomic E-state index is 12.7. The first-order valence-electron chi connectivity index (χ1n) is 8.79. The Morgan fingerprint density at radius 2 is 2.08 bits per heavy atom. The third-order valence-corrected chi connectivity index (χ3v) is 4.90. The molecule has 7 nitrogen and oxygen atoms in total. The molecule has 1 fully saturated rings. The van der Waals surface area contributed by atoms with Crippen LogP contribution in [0.3, 0.4) is 0 Å². The van der Waals surface area contributed by atoms with E-state index in [2.05, 4.69) is 5.32 Å². The van der Waals surface area contributed by atoms with Crippen LogP contribution >= 0.6 is 0 Å². The normalized spacial score (nSPS) is 19.5. The molecule has 1 amide bonds. The summed E-state index contributed by atoms with van der Waals surface area (Å²) >= 11 is 0. The molecule has 2 aromatic rings. The Morgan fingerprint density at radius 1 is 1.35 bits per heavy atom. The molecule has 0 saturated heterocycles. The predicted molar refractivity (Wildman–Crippen MR) is 96.1 cm³/mol. The molecule has 0 unspecified atom stereocenters. The maximum absolute atomic E-state index is 12.7. The number of ether oxygens (including phenoxy) is 1. The van der Waals surface area contributed by atoms with Gasteiger partial charge in [0, 0.05) is 30.1 Å². The number of carboxylic acid groups (broad SMARTS) is 1. The molecule has 7 heteroatoms. The molecule has 2 N–H and O–H groups in total. The van der Waals surface area contributed by atoms with Crippen molar-refractivity contribution < 1.29 is 23.8 Å². The molecule has 1 heterocycles. The topological polar surface area (TPSA) is 92.0 Å². The van der Waals surface area contributed by atoms with Crippen LogP contribution in [0.15, 0.2) is 28.7 Å². The molecule has 26 heavy (non-hydrogen) atoms. The number of fused-ring (bicyclic) bond motifs is 1. The fraction of sp³-hybridized carbons (Fsp3) is 0.474. The minimum Gasteiger partial charge on any atom is -0.480 e. The minimum absolute atomic E-state index is 0.0268. The smallest absolute Gasteiger partial charge is 0.317 e. The zero-order chi connectivity index (χ0) is 18.7. The van der Waals surface area contributed by atoms with Crippen LogP contribution in [0, 0.1) is 0 Å². The lowest BCUT2D eigenvalue weighted by molar-refractivity contribution is -0.139. The molecular weight excluding hydrogens is 336 g/mol. The van der Waals surface area contributed by atoms with E-state index < -0.39 is 5.97 Å². The Kier molecular flexibility index (Phi) is 5.58. The van der Waals surface area contributed by atoms with Crippen LogP contribution in [0.2, 0.25) is 0 Å². The molecule has 0 atom stereocenters. The number of rotatable bonds is 8. The Balaban J connectivity index is 1.65. The van der Waals surface area contributed by atoms with Gasteiger partial charge >= 0.3 is 5.97 Å². The molecule has 0 spiro atoms. The fourth-order valence-corrected chi connectivity index (χ4v) is 3.50. The number of nitrogens with one attached hydrogen (secondary N) is 1. The van der Waals surface area contributed by atoms with E-state index in [4.69, 9.17) is 14.3 Å². The second-order valence-corrected chi connectivity index (χ2v) is 6.59.